The van der Waals surface area contributed by atoms with Gasteiger partial charge in [-0.2, -0.15) is 0 Å². The Morgan fingerprint density at radius 1 is 1.50 bits per heavy atom. The van der Waals surface area contributed by atoms with Gasteiger partial charge in [0.05, 0.1) is 14.9 Å². The molecule has 0 unspecified atom stereocenters. The molecule has 1 heterocycles. The van der Waals surface area contributed by atoms with Gasteiger partial charge in [-0.15, -0.1) is 11.3 Å². The number of halogens is 1. The van der Waals surface area contributed by atoms with Crippen LogP contribution in [-0.4, -0.2) is 15.5 Å². The van der Waals surface area contributed by atoms with E-state index in [0.29, 0.717) is 0 Å². The van der Waals surface area contributed by atoms with Crippen molar-refractivity contribution in [3.63, 3.8) is 0 Å². The Kier molecular flexibility index (Phi) is 4.18. The van der Waals surface area contributed by atoms with E-state index in [4.69, 9.17) is 0 Å². The Morgan fingerprint density at radius 2 is 2.14 bits per heavy atom. The largest absolute Gasteiger partial charge is 0.591 e. The van der Waals surface area contributed by atoms with E-state index in [1.165, 1.54) is 0 Å². The highest BCUT2D eigenvalue weighted by atomic mass is 79.9. The fraction of sp³-hybridized carbons (Fsp3) is 0.444. The lowest BCUT2D eigenvalue weighted by Crippen LogP contribution is -2.25. The number of nitrogens with zero attached hydrogens (tertiary/aromatic N) is 1. The first-order chi connectivity index (χ1) is 6.39. The molecule has 0 saturated carbocycles. The minimum Gasteiger partial charge on any atom is -0.591 e. The summed E-state index contributed by atoms with van der Waals surface area (Å²) >= 11 is 3.77. The van der Waals surface area contributed by atoms with Crippen LogP contribution in [0, 0.1) is 0 Å². The lowest BCUT2D eigenvalue weighted by atomic mass is 10.3. The van der Waals surface area contributed by atoms with Crippen molar-refractivity contribution in [3.8, 4) is 0 Å². The van der Waals surface area contributed by atoms with E-state index in [2.05, 4.69) is 20.3 Å². The molecule has 5 heteroatoms. The molecule has 0 bridgehead atoms. The Hall–Kier alpha value is 0.160. The van der Waals surface area contributed by atoms with E-state index >= 15 is 0 Å². The van der Waals surface area contributed by atoms with Crippen LogP contribution in [0.4, 0.5) is 0 Å². The third-order valence-corrected chi connectivity index (χ3v) is 4.30. The summed E-state index contributed by atoms with van der Waals surface area (Å²) in [6, 6.07) is 3.89. The van der Waals surface area contributed by atoms with Crippen molar-refractivity contribution in [1.82, 2.24) is 0 Å². The van der Waals surface area contributed by atoms with Crippen molar-refractivity contribution < 1.29 is 4.55 Å². The van der Waals surface area contributed by atoms with Crippen molar-refractivity contribution in [1.29, 1.82) is 0 Å². The number of hydrogen-bond donors (Lipinski definition) is 0. The van der Waals surface area contributed by atoms with Gasteiger partial charge in [0.2, 0.25) is 0 Å². The Balaban J connectivity index is 2.65. The standard InChI is InChI=1S/C9H12BrNOS2/c1-9(2,3)14(12)11-6-7-4-5-8(10)13-7/h4-6H,1-3H3/t14-/m0/s1. The number of hydrogen-bond acceptors (Lipinski definition) is 3. The highest BCUT2D eigenvalue weighted by Gasteiger charge is 2.25. The van der Waals surface area contributed by atoms with E-state index in [9.17, 15) is 4.55 Å². The van der Waals surface area contributed by atoms with E-state index in [1.54, 1.807) is 17.6 Å². The van der Waals surface area contributed by atoms with Gasteiger partial charge in [0, 0.05) is 0 Å². The molecule has 14 heavy (non-hydrogen) atoms. The topological polar surface area (TPSA) is 35.4 Å². The van der Waals surface area contributed by atoms with Crippen LogP contribution in [0.1, 0.15) is 25.6 Å². The summed E-state index contributed by atoms with van der Waals surface area (Å²) in [5.74, 6) is 0. The zero-order valence-electron chi connectivity index (χ0n) is 8.28. The van der Waals surface area contributed by atoms with Crippen LogP contribution in [0.25, 0.3) is 0 Å². The SMILES string of the molecule is CC(C)(C)[S@+]([O-])N=Cc1ccc(Br)s1. The van der Waals surface area contributed by atoms with Crippen LogP contribution < -0.4 is 0 Å². The van der Waals surface area contributed by atoms with E-state index in [-0.39, 0.29) is 4.75 Å². The van der Waals surface area contributed by atoms with Crippen LogP contribution in [0.15, 0.2) is 20.3 Å². The molecular weight excluding hydrogens is 282 g/mol. The summed E-state index contributed by atoms with van der Waals surface area (Å²) in [6.45, 7) is 5.72. The zero-order chi connectivity index (χ0) is 10.8. The Labute approximate surface area is 99.9 Å². The molecule has 0 fully saturated rings. The van der Waals surface area contributed by atoms with Gasteiger partial charge in [0.15, 0.2) is 0 Å². The van der Waals surface area contributed by atoms with Crippen molar-refractivity contribution in [2.75, 3.05) is 0 Å². The first-order valence-corrected chi connectivity index (χ1v) is 6.82. The molecule has 0 aliphatic carbocycles. The monoisotopic (exact) mass is 293 g/mol. The summed E-state index contributed by atoms with van der Waals surface area (Å²) in [5, 5.41) is 0. The minimum absolute atomic E-state index is 0.287. The summed E-state index contributed by atoms with van der Waals surface area (Å²) < 4.78 is 16.3. The number of thiophene rings is 1. The van der Waals surface area contributed by atoms with Crippen LogP contribution in [0.2, 0.25) is 0 Å². The van der Waals surface area contributed by atoms with Crippen LogP contribution >= 0.6 is 27.3 Å². The maximum absolute atomic E-state index is 11.6. The average Bonchev–Trinajstić information content (AvgIpc) is 2.45. The highest BCUT2D eigenvalue weighted by Crippen LogP contribution is 2.22. The lowest BCUT2D eigenvalue weighted by Gasteiger charge is -2.17. The molecule has 0 aromatic carbocycles. The van der Waals surface area contributed by atoms with Crippen LogP contribution in [0.3, 0.4) is 0 Å². The van der Waals surface area contributed by atoms with Gasteiger partial charge in [-0.3, -0.25) is 0 Å². The van der Waals surface area contributed by atoms with Gasteiger partial charge in [0.1, 0.15) is 16.1 Å². The van der Waals surface area contributed by atoms with Gasteiger partial charge < -0.3 is 4.55 Å². The van der Waals surface area contributed by atoms with Gasteiger partial charge >= 0.3 is 0 Å². The van der Waals surface area contributed by atoms with E-state index < -0.39 is 11.4 Å². The zero-order valence-corrected chi connectivity index (χ0v) is 11.5. The quantitative estimate of drug-likeness (QED) is 0.608. The molecule has 1 rings (SSSR count). The molecule has 78 valence electrons. The fourth-order valence-electron chi connectivity index (χ4n) is 0.656. The summed E-state index contributed by atoms with van der Waals surface area (Å²) in [5.41, 5.74) is 0. The summed E-state index contributed by atoms with van der Waals surface area (Å²) in [4.78, 5) is 1.01. The maximum Gasteiger partial charge on any atom is 0.144 e. The minimum atomic E-state index is -1.17. The average molecular weight is 294 g/mol. The first kappa shape index (κ1) is 12.2. The molecular formula is C9H12BrNOS2. The van der Waals surface area contributed by atoms with Gasteiger partial charge in [-0.05, 0) is 48.8 Å². The second-order valence-electron chi connectivity index (χ2n) is 3.74. The van der Waals surface area contributed by atoms with Crippen molar-refractivity contribution >= 4 is 44.8 Å². The molecule has 0 amide bonds. The normalized spacial score (nSPS) is 14.9. The van der Waals surface area contributed by atoms with Crippen molar-refractivity contribution in [2.24, 2.45) is 4.40 Å². The van der Waals surface area contributed by atoms with Gasteiger partial charge in [-0.1, -0.05) is 4.40 Å². The smallest absolute Gasteiger partial charge is 0.144 e. The predicted octanol–water partition coefficient (Wildman–Crippen LogP) is 3.39. The van der Waals surface area contributed by atoms with Crippen molar-refractivity contribution in [3.05, 3.63) is 20.8 Å². The maximum atomic E-state index is 11.6. The highest BCUT2D eigenvalue weighted by molar-refractivity contribution is 9.11. The molecule has 0 aliphatic heterocycles. The van der Waals surface area contributed by atoms with E-state index in [1.807, 2.05) is 32.9 Å². The third kappa shape index (κ3) is 3.73. The predicted molar refractivity (Wildman–Crippen MR) is 67.5 cm³/mol. The molecule has 0 radical (unpaired) electrons. The fourth-order valence-corrected chi connectivity index (χ4v) is 2.54. The Bertz CT molecular complexity index is 330. The molecule has 0 aliphatic rings. The summed E-state index contributed by atoms with van der Waals surface area (Å²) in [6.07, 6.45) is 1.66. The second kappa shape index (κ2) is 4.79. The first-order valence-electron chi connectivity index (χ1n) is 4.11. The van der Waals surface area contributed by atoms with Gasteiger partial charge in [0.25, 0.3) is 0 Å². The summed E-state index contributed by atoms with van der Waals surface area (Å²) in [7, 11) is 0. The molecule has 0 saturated heterocycles. The lowest BCUT2D eigenvalue weighted by molar-refractivity contribution is 0.562. The van der Waals surface area contributed by atoms with E-state index in [0.717, 1.165) is 8.66 Å². The van der Waals surface area contributed by atoms with Gasteiger partial charge in [-0.25, -0.2) is 0 Å². The van der Waals surface area contributed by atoms with Crippen LogP contribution in [0.5, 0.6) is 0 Å². The van der Waals surface area contributed by atoms with Crippen LogP contribution in [-0.2, 0) is 11.4 Å². The Morgan fingerprint density at radius 3 is 2.57 bits per heavy atom. The number of rotatable bonds is 2. The molecule has 1 atom stereocenters. The third-order valence-electron chi connectivity index (χ3n) is 1.39. The molecule has 0 N–H and O–H groups in total. The van der Waals surface area contributed by atoms with Crippen molar-refractivity contribution in [2.45, 2.75) is 25.5 Å². The second-order valence-corrected chi connectivity index (χ2v) is 8.17. The molecule has 2 nitrogen and oxygen atoms in total. The molecule has 1 aromatic heterocycles. The molecule has 0 spiro atoms. The molecule has 1 aromatic rings.